The molecule has 5 nitrogen and oxygen atoms in total. The fraction of sp³-hybridized carbons (Fsp3) is 0.0638. The van der Waals surface area contributed by atoms with Crippen molar-refractivity contribution in [3.8, 4) is 44.5 Å². The first-order valence-corrected chi connectivity index (χ1v) is 17.7. The second-order valence-corrected chi connectivity index (χ2v) is 12.9. The molecule has 0 radical (unpaired) electrons. The van der Waals surface area contributed by atoms with Crippen molar-refractivity contribution in [1.82, 2.24) is 19.9 Å². The lowest BCUT2D eigenvalue weighted by Crippen LogP contribution is -1.93. The predicted molar refractivity (Wildman–Crippen MR) is 216 cm³/mol. The van der Waals surface area contributed by atoms with E-state index in [0.29, 0.717) is 13.2 Å². The summed E-state index contributed by atoms with van der Waals surface area (Å²) >= 11 is 0. The SMILES string of the molecule is CCOCc1cc2[nH]c1c(-c1ccccc1)c1nc(c(-c3ccccc3)c3ccc([nH]3)c(-c3ccccc3)c3nc(c2-c2ccccc2)C=C3)C=C1. The molecular weight excluding hydrogens is 637 g/mol. The Kier molecular flexibility index (Phi) is 8.24. The number of benzene rings is 4. The molecule has 7 aromatic rings. The van der Waals surface area contributed by atoms with Crippen LogP contribution in [0.4, 0.5) is 0 Å². The summed E-state index contributed by atoms with van der Waals surface area (Å²) in [5.41, 5.74) is 16.9. The van der Waals surface area contributed by atoms with Crippen molar-refractivity contribution >= 4 is 46.4 Å². The van der Waals surface area contributed by atoms with Crippen LogP contribution >= 0.6 is 0 Å². The van der Waals surface area contributed by atoms with Crippen molar-refractivity contribution in [1.29, 1.82) is 0 Å². The predicted octanol–water partition coefficient (Wildman–Crippen LogP) is 11.9. The maximum absolute atomic E-state index is 6.12. The van der Waals surface area contributed by atoms with Gasteiger partial charge in [-0.2, -0.15) is 0 Å². The Morgan fingerprint density at radius 1 is 0.442 bits per heavy atom. The highest BCUT2D eigenvalue weighted by Crippen LogP contribution is 2.39. The molecule has 0 aliphatic carbocycles. The lowest BCUT2D eigenvalue weighted by Gasteiger charge is -2.07. The zero-order chi connectivity index (χ0) is 34.9. The molecule has 2 aliphatic rings. The molecule has 0 spiro atoms. The van der Waals surface area contributed by atoms with Gasteiger partial charge in [-0.15, -0.1) is 0 Å². The van der Waals surface area contributed by atoms with Gasteiger partial charge in [-0.3, -0.25) is 0 Å². The molecule has 0 fully saturated rings. The molecule has 0 unspecified atom stereocenters. The van der Waals surface area contributed by atoms with Crippen LogP contribution in [-0.4, -0.2) is 26.5 Å². The van der Waals surface area contributed by atoms with Gasteiger partial charge in [0, 0.05) is 51.0 Å². The van der Waals surface area contributed by atoms with Crippen LogP contribution in [0.1, 0.15) is 35.3 Å². The number of nitrogens with one attached hydrogen (secondary N) is 2. The molecule has 5 heteroatoms. The highest BCUT2D eigenvalue weighted by molar-refractivity contribution is 6.00. The van der Waals surface area contributed by atoms with Crippen molar-refractivity contribution in [3.05, 3.63) is 168 Å². The number of aromatic nitrogens is 4. The van der Waals surface area contributed by atoms with Gasteiger partial charge in [0.05, 0.1) is 34.9 Å². The quantitative estimate of drug-likeness (QED) is 0.177. The molecule has 0 saturated heterocycles. The van der Waals surface area contributed by atoms with Crippen LogP contribution < -0.4 is 0 Å². The minimum Gasteiger partial charge on any atom is -0.377 e. The third-order valence-corrected chi connectivity index (χ3v) is 9.66. The summed E-state index contributed by atoms with van der Waals surface area (Å²) in [5.74, 6) is 0. The Morgan fingerprint density at radius 3 is 1.25 bits per heavy atom. The van der Waals surface area contributed by atoms with Gasteiger partial charge in [0.1, 0.15) is 0 Å². The van der Waals surface area contributed by atoms with Gasteiger partial charge in [0.2, 0.25) is 0 Å². The van der Waals surface area contributed by atoms with Gasteiger partial charge in [-0.1, -0.05) is 121 Å². The summed E-state index contributed by atoms with van der Waals surface area (Å²) in [6.07, 6.45) is 8.55. The first-order valence-electron chi connectivity index (χ1n) is 17.7. The number of fused-ring (bicyclic) bond motifs is 8. The minimum absolute atomic E-state index is 0.451. The Hall–Kier alpha value is -6.56. The van der Waals surface area contributed by atoms with Gasteiger partial charge in [0.25, 0.3) is 0 Å². The number of rotatable bonds is 7. The summed E-state index contributed by atoms with van der Waals surface area (Å²) in [4.78, 5) is 18.6. The minimum atomic E-state index is 0.451. The molecule has 8 bridgehead atoms. The van der Waals surface area contributed by atoms with Crippen molar-refractivity contribution < 1.29 is 4.74 Å². The zero-order valence-electron chi connectivity index (χ0n) is 28.8. The van der Waals surface area contributed by atoms with Crippen LogP contribution in [0.25, 0.3) is 90.9 Å². The van der Waals surface area contributed by atoms with E-state index >= 15 is 0 Å². The summed E-state index contributed by atoms with van der Waals surface area (Å²) in [7, 11) is 0. The van der Waals surface area contributed by atoms with Gasteiger partial charge >= 0.3 is 0 Å². The van der Waals surface area contributed by atoms with Crippen molar-refractivity contribution in [2.24, 2.45) is 0 Å². The topological polar surface area (TPSA) is 66.6 Å². The maximum Gasteiger partial charge on any atom is 0.0737 e. The molecule has 4 aromatic carbocycles. The Morgan fingerprint density at radius 2 is 0.827 bits per heavy atom. The van der Waals surface area contributed by atoms with E-state index in [1.807, 2.05) is 19.1 Å². The fourth-order valence-corrected chi connectivity index (χ4v) is 7.31. The first kappa shape index (κ1) is 31.4. The molecule has 52 heavy (non-hydrogen) atoms. The highest BCUT2D eigenvalue weighted by Gasteiger charge is 2.20. The smallest absolute Gasteiger partial charge is 0.0737 e. The number of hydrogen-bond donors (Lipinski definition) is 2. The van der Waals surface area contributed by atoms with Gasteiger partial charge < -0.3 is 14.7 Å². The van der Waals surface area contributed by atoms with E-state index in [1.54, 1.807) is 0 Å². The van der Waals surface area contributed by atoms with E-state index in [0.717, 1.165) is 94.9 Å². The lowest BCUT2D eigenvalue weighted by atomic mass is 10.0. The largest absolute Gasteiger partial charge is 0.377 e. The Balaban J connectivity index is 1.51. The number of ether oxygens (including phenoxy) is 1. The second kappa shape index (κ2) is 13.6. The normalized spacial score (nSPS) is 12.0. The summed E-state index contributed by atoms with van der Waals surface area (Å²) < 4.78 is 6.12. The molecule has 0 atom stereocenters. The van der Waals surface area contributed by atoms with E-state index in [9.17, 15) is 0 Å². The molecule has 250 valence electrons. The molecule has 2 N–H and O–H groups in total. The average Bonchev–Trinajstić information content (AvgIpc) is 4.03. The lowest BCUT2D eigenvalue weighted by molar-refractivity contribution is 0.135. The zero-order valence-corrected chi connectivity index (χ0v) is 28.8. The Labute approximate surface area is 302 Å². The van der Waals surface area contributed by atoms with Crippen molar-refractivity contribution in [2.75, 3.05) is 6.61 Å². The highest BCUT2D eigenvalue weighted by atomic mass is 16.5. The van der Waals surface area contributed by atoms with Crippen LogP contribution in [0.2, 0.25) is 0 Å². The van der Waals surface area contributed by atoms with Crippen LogP contribution in [0.5, 0.6) is 0 Å². The van der Waals surface area contributed by atoms with E-state index in [-0.39, 0.29) is 0 Å². The van der Waals surface area contributed by atoms with E-state index in [2.05, 4.69) is 162 Å². The number of H-pyrrole nitrogens is 2. The van der Waals surface area contributed by atoms with E-state index < -0.39 is 0 Å². The van der Waals surface area contributed by atoms with Crippen molar-refractivity contribution in [2.45, 2.75) is 13.5 Å². The summed E-state index contributed by atoms with van der Waals surface area (Å²) in [5, 5.41) is 0. The maximum atomic E-state index is 6.12. The molecule has 0 amide bonds. The molecular formula is C47H36N4O. The molecule has 2 aliphatic heterocycles. The van der Waals surface area contributed by atoms with Crippen LogP contribution in [-0.2, 0) is 11.3 Å². The number of aromatic amines is 2. The molecule has 3 aromatic heterocycles. The van der Waals surface area contributed by atoms with Gasteiger partial charge in [0.15, 0.2) is 0 Å². The van der Waals surface area contributed by atoms with E-state index in [4.69, 9.17) is 14.7 Å². The monoisotopic (exact) mass is 672 g/mol. The molecule has 9 rings (SSSR count). The third kappa shape index (κ3) is 5.77. The van der Waals surface area contributed by atoms with Gasteiger partial charge in [-0.25, -0.2) is 9.97 Å². The van der Waals surface area contributed by atoms with Crippen LogP contribution in [0.3, 0.4) is 0 Å². The Bertz CT molecular complexity index is 2640. The average molecular weight is 673 g/mol. The standard InChI is InChI=1S/C47H36N4O/c1-2-52-30-35-29-42-45(33-19-11-5-12-20-33)40-26-25-38(49-40)43(31-15-7-3-8-16-31)36-23-24-37(48-36)44(32-17-9-4-10-18-32)39-27-28-41(50-39)46(47(35)51-42)34-21-13-6-14-22-34/h3-29,48,51H,2,30H2,1H3. The number of hydrogen-bond acceptors (Lipinski definition) is 3. The molecule has 0 saturated carbocycles. The van der Waals surface area contributed by atoms with Crippen LogP contribution in [0.15, 0.2) is 140 Å². The van der Waals surface area contributed by atoms with E-state index in [1.165, 1.54) is 0 Å². The first-order chi connectivity index (χ1) is 25.7. The van der Waals surface area contributed by atoms with Crippen molar-refractivity contribution in [3.63, 3.8) is 0 Å². The molecule has 5 heterocycles. The second-order valence-electron chi connectivity index (χ2n) is 12.9. The summed E-state index contributed by atoms with van der Waals surface area (Å²) in [6.45, 7) is 3.09. The van der Waals surface area contributed by atoms with Gasteiger partial charge in [-0.05, 0) is 71.7 Å². The third-order valence-electron chi connectivity index (χ3n) is 9.66. The van der Waals surface area contributed by atoms with Crippen LogP contribution in [0, 0.1) is 0 Å². The summed E-state index contributed by atoms with van der Waals surface area (Å²) in [6, 6.07) is 48.6. The number of nitrogens with zero attached hydrogens (tertiary/aromatic N) is 2. The fourth-order valence-electron chi connectivity index (χ4n) is 7.31.